The number of esters is 1. The van der Waals surface area contributed by atoms with Crippen molar-refractivity contribution < 1.29 is 9.53 Å². The number of carbonyl (C=O) groups is 1. The van der Waals surface area contributed by atoms with Gasteiger partial charge in [-0.05, 0) is 57.5 Å². The third-order valence-electron chi connectivity index (χ3n) is 3.13. The molecule has 0 spiro atoms. The molecule has 1 aliphatic heterocycles. The molecule has 0 radical (unpaired) electrons. The van der Waals surface area contributed by atoms with E-state index in [1.54, 1.807) is 0 Å². The molecule has 1 atom stereocenters. The fraction of sp³-hybridized carbons (Fsp3) is 0.533. The minimum absolute atomic E-state index is 0.0846. The van der Waals surface area contributed by atoms with Crippen molar-refractivity contribution in [3.63, 3.8) is 0 Å². The largest absolute Gasteiger partial charge is 0.459 e. The first-order valence-corrected chi connectivity index (χ1v) is 6.93. The Hall–Kier alpha value is -1.55. The third kappa shape index (κ3) is 4.24. The number of nitrogens with one attached hydrogen (secondary N) is 2. The fourth-order valence-electron chi connectivity index (χ4n) is 2.20. The molecular formula is C15H22N2O2. The summed E-state index contributed by atoms with van der Waals surface area (Å²) in [4.78, 5) is 11.7. The lowest BCUT2D eigenvalue weighted by Gasteiger charge is -2.24. The zero-order valence-corrected chi connectivity index (χ0v) is 11.6. The van der Waals surface area contributed by atoms with E-state index in [1.165, 1.54) is 12.8 Å². The van der Waals surface area contributed by atoms with Crippen LogP contribution < -0.4 is 10.6 Å². The van der Waals surface area contributed by atoms with Gasteiger partial charge in [-0.1, -0.05) is 0 Å². The van der Waals surface area contributed by atoms with Crippen molar-refractivity contribution in [2.45, 2.75) is 38.8 Å². The van der Waals surface area contributed by atoms with E-state index >= 15 is 0 Å². The zero-order valence-electron chi connectivity index (χ0n) is 11.6. The van der Waals surface area contributed by atoms with Crippen molar-refractivity contribution in [2.24, 2.45) is 0 Å². The van der Waals surface area contributed by atoms with Gasteiger partial charge in [-0.3, -0.25) is 0 Å². The summed E-state index contributed by atoms with van der Waals surface area (Å²) in [5.41, 5.74) is 1.65. The molecule has 19 heavy (non-hydrogen) atoms. The Labute approximate surface area is 114 Å². The molecule has 4 nitrogen and oxygen atoms in total. The van der Waals surface area contributed by atoms with Crippen LogP contribution in [0.25, 0.3) is 0 Å². The third-order valence-corrected chi connectivity index (χ3v) is 3.13. The lowest BCUT2D eigenvalue weighted by atomic mass is 10.1. The Morgan fingerprint density at radius 2 is 2.11 bits per heavy atom. The van der Waals surface area contributed by atoms with Gasteiger partial charge in [0.05, 0.1) is 11.7 Å². The first kappa shape index (κ1) is 13.9. The minimum Gasteiger partial charge on any atom is -0.459 e. The van der Waals surface area contributed by atoms with Gasteiger partial charge in [0.1, 0.15) is 0 Å². The summed E-state index contributed by atoms with van der Waals surface area (Å²) in [6.45, 7) is 5.81. The van der Waals surface area contributed by atoms with E-state index in [0.717, 1.165) is 18.8 Å². The maximum Gasteiger partial charge on any atom is 0.338 e. The normalized spacial score (nSPS) is 19.2. The van der Waals surface area contributed by atoms with Crippen molar-refractivity contribution in [2.75, 3.05) is 18.4 Å². The maximum atomic E-state index is 11.7. The number of hydrogen-bond acceptors (Lipinski definition) is 4. The Bertz CT molecular complexity index is 409. The molecule has 1 aliphatic rings. The van der Waals surface area contributed by atoms with E-state index in [9.17, 15) is 4.79 Å². The molecule has 2 rings (SSSR count). The van der Waals surface area contributed by atoms with Crippen LogP contribution in [0.15, 0.2) is 24.3 Å². The lowest BCUT2D eigenvalue weighted by molar-refractivity contribution is 0.0378. The van der Waals surface area contributed by atoms with E-state index in [1.807, 2.05) is 38.1 Å². The molecule has 104 valence electrons. The molecule has 1 aromatic rings. The average Bonchev–Trinajstić information content (AvgIpc) is 2.40. The zero-order chi connectivity index (χ0) is 13.7. The Morgan fingerprint density at radius 3 is 2.68 bits per heavy atom. The molecule has 1 unspecified atom stereocenters. The van der Waals surface area contributed by atoms with Gasteiger partial charge in [0, 0.05) is 18.3 Å². The fourth-order valence-corrected chi connectivity index (χ4v) is 2.20. The van der Waals surface area contributed by atoms with E-state index in [0.29, 0.717) is 11.6 Å². The maximum absolute atomic E-state index is 11.7. The molecular weight excluding hydrogens is 240 g/mol. The average molecular weight is 262 g/mol. The van der Waals surface area contributed by atoms with Crippen molar-refractivity contribution in [1.82, 2.24) is 5.32 Å². The quantitative estimate of drug-likeness (QED) is 0.818. The summed E-state index contributed by atoms with van der Waals surface area (Å²) in [5.74, 6) is -0.263. The summed E-state index contributed by atoms with van der Waals surface area (Å²) >= 11 is 0. The first-order valence-electron chi connectivity index (χ1n) is 6.93. The smallest absolute Gasteiger partial charge is 0.338 e. The molecule has 4 heteroatoms. The molecule has 0 saturated carbocycles. The van der Waals surface area contributed by atoms with Crippen LogP contribution >= 0.6 is 0 Å². The number of rotatable bonds is 4. The van der Waals surface area contributed by atoms with Gasteiger partial charge in [0.15, 0.2) is 0 Å². The number of anilines is 1. The Kier molecular flexibility index (Phi) is 4.80. The van der Waals surface area contributed by atoms with Gasteiger partial charge in [-0.2, -0.15) is 0 Å². The van der Waals surface area contributed by atoms with E-state index in [-0.39, 0.29) is 12.1 Å². The van der Waals surface area contributed by atoms with Crippen LogP contribution in [0.4, 0.5) is 5.69 Å². The molecule has 1 saturated heterocycles. The van der Waals surface area contributed by atoms with Crippen LogP contribution in [0.1, 0.15) is 37.0 Å². The highest BCUT2D eigenvalue weighted by atomic mass is 16.5. The van der Waals surface area contributed by atoms with E-state index in [2.05, 4.69) is 10.6 Å². The van der Waals surface area contributed by atoms with Crippen LogP contribution in [0.2, 0.25) is 0 Å². The van der Waals surface area contributed by atoms with E-state index in [4.69, 9.17) is 4.74 Å². The second-order valence-electron chi connectivity index (χ2n) is 5.22. The summed E-state index contributed by atoms with van der Waals surface area (Å²) in [7, 11) is 0. The molecule has 0 bridgehead atoms. The molecule has 0 aliphatic carbocycles. The van der Waals surface area contributed by atoms with Crippen molar-refractivity contribution in [1.29, 1.82) is 0 Å². The number of piperidine rings is 1. The van der Waals surface area contributed by atoms with Gasteiger partial charge in [-0.25, -0.2) is 4.79 Å². The summed E-state index contributed by atoms with van der Waals surface area (Å²) in [5, 5.41) is 6.84. The predicted octanol–water partition coefficient (Wildman–Crippen LogP) is 2.42. The number of benzene rings is 1. The number of hydrogen-bond donors (Lipinski definition) is 2. The lowest BCUT2D eigenvalue weighted by Crippen LogP contribution is -2.38. The second-order valence-corrected chi connectivity index (χ2v) is 5.22. The van der Waals surface area contributed by atoms with Crippen LogP contribution in [0, 0.1) is 0 Å². The number of ether oxygens (including phenoxy) is 1. The standard InChI is InChI=1S/C15H22N2O2/c1-11(2)19-15(18)12-5-7-13(8-6-12)17-14-4-3-9-16-10-14/h5-8,11,14,16-17H,3-4,9-10H2,1-2H3. The summed E-state index contributed by atoms with van der Waals surface area (Å²) in [6, 6.07) is 7.96. The monoisotopic (exact) mass is 262 g/mol. The topological polar surface area (TPSA) is 50.4 Å². The second kappa shape index (κ2) is 6.57. The van der Waals surface area contributed by atoms with Gasteiger partial charge in [0.25, 0.3) is 0 Å². The van der Waals surface area contributed by atoms with Crippen LogP contribution in [0.3, 0.4) is 0 Å². The van der Waals surface area contributed by atoms with E-state index < -0.39 is 0 Å². The molecule has 2 N–H and O–H groups in total. The Morgan fingerprint density at radius 1 is 1.37 bits per heavy atom. The molecule has 1 heterocycles. The minimum atomic E-state index is -0.263. The summed E-state index contributed by atoms with van der Waals surface area (Å²) in [6.07, 6.45) is 2.30. The molecule has 1 aromatic carbocycles. The van der Waals surface area contributed by atoms with Crippen molar-refractivity contribution in [3.8, 4) is 0 Å². The van der Waals surface area contributed by atoms with Gasteiger partial charge >= 0.3 is 5.97 Å². The van der Waals surface area contributed by atoms with Crippen molar-refractivity contribution in [3.05, 3.63) is 29.8 Å². The highest BCUT2D eigenvalue weighted by Gasteiger charge is 2.13. The first-order chi connectivity index (χ1) is 9.15. The number of carbonyl (C=O) groups excluding carboxylic acids is 1. The Balaban J connectivity index is 1.92. The van der Waals surface area contributed by atoms with Crippen LogP contribution in [-0.4, -0.2) is 31.2 Å². The molecule has 0 aromatic heterocycles. The van der Waals surface area contributed by atoms with Gasteiger partial charge in [-0.15, -0.1) is 0 Å². The van der Waals surface area contributed by atoms with Crippen LogP contribution in [-0.2, 0) is 4.74 Å². The summed E-state index contributed by atoms with van der Waals surface area (Å²) < 4.78 is 5.16. The SMILES string of the molecule is CC(C)OC(=O)c1ccc(NC2CCCNC2)cc1. The highest BCUT2D eigenvalue weighted by Crippen LogP contribution is 2.14. The highest BCUT2D eigenvalue weighted by molar-refractivity contribution is 5.89. The van der Waals surface area contributed by atoms with Crippen LogP contribution in [0.5, 0.6) is 0 Å². The molecule has 0 amide bonds. The van der Waals surface area contributed by atoms with Crippen molar-refractivity contribution >= 4 is 11.7 Å². The molecule has 1 fully saturated rings. The van der Waals surface area contributed by atoms with Gasteiger partial charge < -0.3 is 15.4 Å². The predicted molar refractivity (Wildman–Crippen MR) is 76.5 cm³/mol. The van der Waals surface area contributed by atoms with Gasteiger partial charge in [0.2, 0.25) is 0 Å².